The molecule has 0 aliphatic carbocycles. The van der Waals surface area contributed by atoms with Gasteiger partial charge in [0.1, 0.15) is 11.5 Å². The lowest BCUT2D eigenvalue weighted by Crippen LogP contribution is -2.21. The van der Waals surface area contributed by atoms with Crippen molar-refractivity contribution in [2.45, 2.75) is 6.92 Å². The lowest BCUT2D eigenvalue weighted by Gasteiger charge is -2.08. The minimum Gasteiger partial charge on any atom is -0.508 e. The SMILES string of the molecule is Cc1cc(OCC(=O)Nc2ccc(O)cc2C(=O)O)no1. The number of nitrogens with one attached hydrogen (secondary N) is 1. The first-order chi connectivity index (χ1) is 9.95. The van der Waals surface area contributed by atoms with E-state index in [1.807, 2.05) is 0 Å². The van der Waals surface area contributed by atoms with Crippen molar-refractivity contribution in [2.75, 3.05) is 11.9 Å². The molecule has 8 heteroatoms. The van der Waals surface area contributed by atoms with Crippen molar-refractivity contribution in [3.63, 3.8) is 0 Å². The molecule has 1 heterocycles. The van der Waals surface area contributed by atoms with Crippen molar-refractivity contribution >= 4 is 17.6 Å². The molecular formula is C13H12N2O6. The molecule has 2 rings (SSSR count). The van der Waals surface area contributed by atoms with Crippen LogP contribution in [0.5, 0.6) is 11.6 Å². The second kappa shape index (κ2) is 5.95. The summed E-state index contributed by atoms with van der Waals surface area (Å²) in [6, 6.07) is 5.11. The number of carboxylic acids is 1. The summed E-state index contributed by atoms with van der Waals surface area (Å²) in [5.41, 5.74) is -0.161. The van der Waals surface area contributed by atoms with E-state index < -0.39 is 11.9 Å². The van der Waals surface area contributed by atoms with E-state index >= 15 is 0 Å². The molecule has 8 nitrogen and oxygen atoms in total. The van der Waals surface area contributed by atoms with Crippen molar-refractivity contribution in [1.82, 2.24) is 5.16 Å². The van der Waals surface area contributed by atoms with Gasteiger partial charge < -0.3 is 24.8 Å². The number of phenolic OH excluding ortho intramolecular Hbond substituents is 1. The highest BCUT2D eigenvalue weighted by Crippen LogP contribution is 2.21. The Morgan fingerprint density at radius 2 is 2.14 bits per heavy atom. The van der Waals surface area contributed by atoms with Crippen molar-refractivity contribution in [1.29, 1.82) is 0 Å². The lowest BCUT2D eigenvalue weighted by molar-refractivity contribution is -0.118. The Morgan fingerprint density at radius 1 is 1.38 bits per heavy atom. The first-order valence-corrected chi connectivity index (χ1v) is 5.88. The number of rotatable bonds is 5. The Hall–Kier alpha value is -3.03. The quantitative estimate of drug-likeness (QED) is 0.712. The van der Waals surface area contributed by atoms with Crippen LogP contribution in [0.4, 0.5) is 5.69 Å². The number of phenols is 1. The van der Waals surface area contributed by atoms with Gasteiger partial charge in [-0.05, 0) is 30.3 Å². The Labute approximate surface area is 118 Å². The van der Waals surface area contributed by atoms with Gasteiger partial charge in [0.05, 0.1) is 11.3 Å². The summed E-state index contributed by atoms with van der Waals surface area (Å²) in [7, 11) is 0. The van der Waals surface area contributed by atoms with Crippen LogP contribution in [0.25, 0.3) is 0 Å². The predicted molar refractivity (Wildman–Crippen MR) is 70.4 cm³/mol. The molecule has 0 atom stereocenters. The maximum absolute atomic E-state index is 11.7. The fraction of sp³-hybridized carbons (Fsp3) is 0.154. The molecule has 0 fully saturated rings. The largest absolute Gasteiger partial charge is 0.508 e. The summed E-state index contributed by atoms with van der Waals surface area (Å²) in [4.78, 5) is 22.7. The Bertz CT molecular complexity index is 679. The molecule has 0 saturated heterocycles. The predicted octanol–water partition coefficient (Wildman–Crippen LogP) is 1.40. The van der Waals surface area contributed by atoms with E-state index in [2.05, 4.69) is 10.5 Å². The molecule has 1 aromatic carbocycles. The number of hydrogen-bond donors (Lipinski definition) is 3. The summed E-state index contributed by atoms with van der Waals surface area (Å²) >= 11 is 0. The average Bonchev–Trinajstić information content (AvgIpc) is 2.84. The second-order valence-corrected chi connectivity index (χ2v) is 4.15. The number of amides is 1. The molecule has 1 amide bonds. The molecule has 0 radical (unpaired) electrons. The van der Waals surface area contributed by atoms with E-state index in [0.29, 0.717) is 5.76 Å². The molecule has 0 bridgehead atoms. The van der Waals surface area contributed by atoms with Gasteiger partial charge in [-0.25, -0.2) is 4.79 Å². The number of aromatic nitrogens is 1. The minimum absolute atomic E-state index is 0.0604. The van der Waals surface area contributed by atoms with E-state index in [4.69, 9.17) is 14.4 Å². The van der Waals surface area contributed by atoms with Crippen LogP contribution in [-0.2, 0) is 4.79 Å². The molecule has 0 saturated carbocycles. The maximum atomic E-state index is 11.7. The summed E-state index contributed by atoms with van der Waals surface area (Å²) < 4.78 is 9.84. The van der Waals surface area contributed by atoms with Crippen LogP contribution in [0.3, 0.4) is 0 Å². The zero-order chi connectivity index (χ0) is 15.4. The van der Waals surface area contributed by atoms with Crippen LogP contribution >= 0.6 is 0 Å². The van der Waals surface area contributed by atoms with Crippen LogP contribution in [0.1, 0.15) is 16.1 Å². The number of carbonyl (C=O) groups is 2. The summed E-state index contributed by atoms with van der Waals surface area (Å²) in [6.07, 6.45) is 0. The number of carboxylic acid groups (broad SMARTS) is 1. The monoisotopic (exact) mass is 292 g/mol. The van der Waals surface area contributed by atoms with E-state index in [9.17, 15) is 14.7 Å². The molecule has 110 valence electrons. The number of anilines is 1. The van der Waals surface area contributed by atoms with Gasteiger partial charge in [0, 0.05) is 6.07 Å². The standard InChI is InChI=1S/C13H12N2O6/c1-7-4-12(15-21-7)20-6-11(17)14-10-3-2-8(16)5-9(10)13(18)19/h2-5,16H,6H2,1H3,(H,14,17)(H,18,19). The number of aryl methyl sites for hydroxylation is 1. The Kier molecular flexibility index (Phi) is 4.07. The van der Waals surface area contributed by atoms with Crippen LogP contribution in [0.15, 0.2) is 28.8 Å². The normalized spacial score (nSPS) is 10.1. The fourth-order valence-electron chi connectivity index (χ4n) is 1.56. The maximum Gasteiger partial charge on any atom is 0.337 e. The highest BCUT2D eigenvalue weighted by atomic mass is 16.5. The average molecular weight is 292 g/mol. The lowest BCUT2D eigenvalue weighted by atomic mass is 10.1. The highest BCUT2D eigenvalue weighted by Gasteiger charge is 2.14. The number of carbonyl (C=O) groups excluding carboxylic acids is 1. The molecule has 0 unspecified atom stereocenters. The Morgan fingerprint density at radius 3 is 2.76 bits per heavy atom. The molecule has 0 aliphatic heterocycles. The van der Waals surface area contributed by atoms with Crippen LogP contribution < -0.4 is 10.1 Å². The number of ether oxygens (including phenoxy) is 1. The van der Waals surface area contributed by atoms with Gasteiger partial charge in [0.25, 0.3) is 11.8 Å². The van der Waals surface area contributed by atoms with E-state index in [-0.39, 0.29) is 29.5 Å². The van der Waals surface area contributed by atoms with Crippen LogP contribution in [0, 0.1) is 6.92 Å². The molecule has 1 aromatic heterocycles. The van der Waals surface area contributed by atoms with Crippen LogP contribution in [0.2, 0.25) is 0 Å². The van der Waals surface area contributed by atoms with Crippen molar-refractivity contribution < 1.29 is 29.1 Å². The number of nitrogens with zero attached hydrogens (tertiary/aromatic N) is 1. The number of benzene rings is 1. The highest BCUT2D eigenvalue weighted by molar-refractivity contribution is 6.01. The third-order valence-corrected chi connectivity index (χ3v) is 2.47. The number of hydrogen-bond acceptors (Lipinski definition) is 6. The van der Waals surface area contributed by atoms with Gasteiger partial charge >= 0.3 is 5.97 Å². The van der Waals surface area contributed by atoms with Gasteiger partial charge in [-0.2, -0.15) is 0 Å². The third kappa shape index (κ3) is 3.72. The fourth-order valence-corrected chi connectivity index (χ4v) is 1.56. The number of aromatic carboxylic acids is 1. The van der Waals surface area contributed by atoms with Crippen molar-refractivity contribution in [3.8, 4) is 11.6 Å². The van der Waals surface area contributed by atoms with E-state index in [0.717, 1.165) is 6.07 Å². The molecular weight excluding hydrogens is 280 g/mol. The molecule has 3 N–H and O–H groups in total. The summed E-state index contributed by atoms with van der Waals surface area (Å²) in [5.74, 6) is -1.35. The molecule has 0 aliphatic rings. The minimum atomic E-state index is -1.27. The summed E-state index contributed by atoms with van der Waals surface area (Å²) in [5, 5.41) is 24.2. The van der Waals surface area contributed by atoms with Gasteiger partial charge in [0.15, 0.2) is 6.61 Å². The zero-order valence-electron chi connectivity index (χ0n) is 11.0. The van der Waals surface area contributed by atoms with Crippen molar-refractivity contribution in [2.24, 2.45) is 0 Å². The second-order valence-electron chi connectivity index (χ2n) is 4.15. The van der Waals surface area contributed by atoms with E-state index in [1.54, 1.807) is 6.92 Å². The topological polar surface area (TPSA) is 122 Å². The Balaban J connectivity index is 2.01. The summed E-state index contributed by atoms with van der Waals surface area (Å²) in [6.45, 7) is 1.32. The molecule has 21 heavy (non-hydrogen) atoms. The van der Waals surface area contributed by atoms with Gasteiger partial charge in [0.2, 0.25) is 0 Å². The van der Waals surface area contributed by atoms with Crippen LogP contribution in [-0.4, -0.2) is 33.9 Å². The molecule has 0 spiro atoms. The number of aromatic hydroxyl groups is 1. The first kappa shape index (κ1) is 14.4. The zero-order valence-corrected chi connectivity index (χ0v) is 11.0. The van der Waals surface area contributed by atoms with E-state index in [1.165, 1.54) is 18.2 Å². The first-order valence-electron chi connectivity index (χ1n) is 5.88. The van der Waals surface area contributed by atoms with Gasteiger partial charge in [-0.3, -0.25) is 4.79 Å². The van der Waals surface area contributed by atoms with Gasteiger partial charge in [-0.15, -0.1) is 0 Å². The van der Waals surface area contributed by atoms with Crippen molar-refractivity contribution in [3.05, 3.63) is 35.6 Å². The smallest absolute Gasteiger partial charge is 0.337 e. The van der Waals surface area contributed by atoms with Gasteiger partial charge in [-0.1, -0.05) is 0 Å². The molecule has 2 aromatic rings. The third-order valence-electron chi connectivity index (χ3n) is 2.47.